The SMILES string of the molecule is CCCCCCCCCCC/C=C/CCCCCC(CC(=O)NC(CO)C(O)CCCCCCCCCCCC)OC(=O)CCCCCCCCCCC. The van der Waals surface area contributed by atoms with Crippen molar-refractivity contribution < 1.29 is 24.5 Å². The second-order valence-corrected chi connectivity index (χ2v) is 16.5. The standard InChI is InChI=1S/C48H93NO5/c1-4-7-10-13-16-19-21-22-23-24-25-26-28-30-33-36-39-44(54-48(53)41-38-35-32-27-18-15-12-9-6-3)42-47(52)49-45(43-50)46(51)40-37-34-31-29-20-17-14-11-8-5-2/h25-26,44-46,50-51H,4-24,27-43H2,1-3H3,(H,49,52)/b26-25+. The summed E-state index contributed by atoms with van der Waals surface area (Å²) in [5.74, 6) is -0.480. The average Bonchev–Trinajstić information content (AvgIpc) is 3.16. The molecule has 3 unspecified atom stereocenters. The summed E-state index contributed by atoms with van der Waals surface area (Å²) in [6.07, 6.45) is 45.6. The molecule has 6 heteroatoms. The second-order valence-electron chi connectivity index (χ2n) is 16.5. The van der Waals surface area contributed by atoms with Crippen molar-refractivity contribution in [1.29, 1.82) is 0 Å². The summed E-state index contributed by atoms with van der Waals surface area (Å²) < 4.78 is 5.89. The zero-order valence-electron chi connectivity index (χ0n) is 36.4. The summed E-state index contributed by atoms with van der Waals surface area (Å²) in [6, 6.07) is -0.697. The topological polar surface area (TPSA) is 95.9 Å². The lowest BCUT2D eigenvalue weighted by Crippen LogP contribution is -2.46. The van der Waals surface area contributed by atoms with Crippen molar-refractivity contribution in [3.8, 4) is 0 Å². The Bertz CT molecular complexity index is 817. The Morgan fingerprint density at radius 3 is 1.33 bits per heavy atom. The molecule has 6 nitrogen and oxygen atoms in total. The molecule has 0 radical (unpaired) electrons. The highest BCUT2D eigenvalue weighted by molar-refractivity contribution is 5.77. The van der Waals surface area contributed by atoms with Crippen molar-refractivity contribution in [2.45, 2.75) is 277 Å². The molecule has 320 valence electrons. The van der Waals surface area contributed by atoms with Crippen LogP contribution in [0.25, 0.3) is 0 Å². The van der Waals surface area contributed by atoms with Gasteiger partial charge < -0.3 is 20.3 Å². The van der Waals surface area contributed by atoms with E-state index in [2.05, 4.69) is 38.2 Å². The minimum Gasteiger partial charge on any atom is -0.462 e. The summed E-state index contributed by atoms with van der Waals surface area (Å²) in [5.41, 5.74) is 0. The number of rotatable bonds is 43. The fourth-order valence-corrected chi connectivity index (χ4v) is 7.43. The van der Waals surface area contributed by atoms with Crippen LogP contribution in [0.5, 0.6) is 0 Å². The van der Waals surface area contributed by atoms with Crippen molar-refractivity contribution in [3.05, 3.63) is 12.2 Å². The number of unbranched alkanes of at least 4 members (excludes halogenated alkanes) is 29. The molecule has 0 aliphatic carbocycles. The summed E-state index contributed by atoms with van der Waals surface area (Å²) in [5, 5.41) is 23.6. The van der Waals surface area contributed by atoms with Gasteiger partial charge in [-0.1, -0.05) is 206 Å². The third kappa shape index (κ3) is 37.5. The first kappa shape index (κ1) is 52.6. The number of hydrogen-bond donors (Lipinski definition) is 3. The Morgan fingerprint density at radius 1 is 0.519 bits per heavy atom. The number of esters is 1. The molecule has 0 spiro atoms. The fraction of sp³-hybridized carbons (Fsp3) is 0.917. The highest BCUT2D eigenvalue weighted by atomic mass is 16.5. The summed E-state index contributed by atoms with van der Waals surface area (Å²) >= 11 is 0. The minimum atomic E-state index is -0.783. The maximum Gasteiger partial charge on any atom is 0.306 e. The molecule has 1 amide bonds. The van der Waals surface area contributed by atoms with Gasteiger partial charge in [-0.3, -0.25) is 9.59 Å². The zero-order valence-corrected chi connectivity index (χ0v) is 36.4. The first-order valence-corrected chi connectivity index (χ1v) is 23.9. The van der Waals surface area contributed by atoms with Gasteiger partial charge in [0.05, 0.1) is 25.2 Å². The van der Waals surface area contributed by atoms with Crippen LogP contribution >= 0.6 is 0 Å². The quantitative estimate of drug-likeness (QED) is 0.0326. The maximum absolute atomic E-state index is 13.1. The average molecular weight is 764 g/mol. The van der Waals surface area contributed by atoms with Crippen molar-refractivity contribution in [2.75, 3.05) is 6.61 Å². The third-order valence-electron chi connectivity index (χ3n) is 11.1. The molecule has 0 aromatic carbocycles. The van der Waals surface area contributed by atoms with Gasteiger partial charge in [0.1, 0.15) is 6.10 Å². The van der Waals surface area contributed by atoms with E-state index in [-0.39, 0.29) is 24.9 Å². The van der Waals surface area contributed by atoms with E-state index in [1.54, 1.807) is 0 Å². The highest BCUT2D eigenvalue weighted by Gasteiger charge is 2.24. The summed E-state index contributed by atoms with van der Waals surface area (Å²) in [4.78, 5) is 25.9. The van der Waals surface area contributed by atoms with Crippen LogP contribution < -0.4 is 5.32 Å². The number of aliphatic hydroxyl groups excluding tert-OH is 2. The van der Waals surface area contributed by atoms with Gasteiger partial charge >= 0.3 is 5.97 Å². The summed E-state index contributed by atoms with van der Waals surface area (Å²) in [6.45, 7) is 6.45. The smallest absolute Gasteiger partial charge is 0.306 e. The number of carbonyl (C=O) groups is 2. The lowest BCUT2D eigenvalue weighted by molar-refractivity contribution is -0.151. The van der Waals surface area contributed by atoms with Crippen molar-refractivity contribution >= 4 is 11.9 Å². The van der Waals surface area contributed by atoms with Gasteiger partial charge in [0.15, 0.2) is 0 Å². The van der Waals surface area contributed by atoms with E-state index >= 15 is 0 Å². The largest absolute Gasteiger partial charge is 0.462 e. The number of allylic oxidation sites excluding steroid dienone is 2. The molecule has 0 fully saturated rings. The number of hydrogen-bond acceptors (Lipinski definition) is 5. The van der Waals surface area contributed by atoms with Crippen LogP contribution in [0.4, 0.5) is 0 Å². The molecular formula is C48H93NO5. The Balaban J connectivity index is 4.56. The fourth-order valence-electron chi connectivity index (χ4n) is 7.43. The Labute approximate surface area is 336 Å². The number of nitrogens with one attached hydrogen (secondary N) is 1. The van der Waals surface area contributed by atoms with Gasteiger partial charge in [0.25, 0.3) is 0 Å². The second kappa shape index (κ2) is 42.7. The van der Waals surface area contributed by atoms with Gasteiger partial charge in [0.2, 0.25) is 5.91 Å². The van der Waals surface area contributed by atoms with Crippen molar-refractivity contribution in [1.82, 2.24) is 5.32 Å². The highest BCUT2D eigenvalue weighted by Crippen LogP contribution is 2.17. The van der Waals surface area contributed by atoms with Gasteiger partial charge in [-0.15, -0.1) is 0 Å². The van der Waals surface area contributed by atoms with E-state index < -0.39 is 18.2 Å². The van der Waals surface area contributed by atoms with Crippen LogP contribution in [0.2, 0.25) is 0 Å². The molecule has 54 heavy (non-hydrogen) atoms. The van der Waals surface area contributed by atoms with E-state index in [4.69, 9.17) is 4.74 Å². The predicted molar refractivity (Wildman–Crippen MR) is 232 cm³/mol. The van der Waals surface area contributed by atoms with Crippen LogP contribution in [-0.4, -0.2) is 46.9 Å². The van der Waals surface area contributed by atoms with Gasteiger partial charge in [-0.05, 0) is 51.4 Å². The number of amides is 1. The first-order valence-electron chi connectivity index (χ1n) is 23.9. The molecule has 0 rings (SSSR count). The Hall–Kier alpha value is -1.40. The van der Waals surface area contributed by atoms with Crippen LogP contribution in [0, 0.1) is 0 Å². The molecule has 0 aliphatic rings. The van der Waals surface area contributed by atoms with Gasteiger partial charge in [-0.2, -0.15) is 0 Å². The number of ether oxygens (including phenoxy) is 1. The lowest BCUT2D eigenvalue weighted by Gasteiger charge is -2.24. The molecule has 3 atom stereocenters. The third-order valence-corrected chi connectivity index (χ3v) is 11.1. The van der Waals surface area contributed by atoms with E-state index in [9.17, 15) is 19.8 Å². The van der Waals surface area contributed by atoms with Gasteiger partial charge in [-0.25, -0.2) is 0 Å². The Morgan fingerprint density at radius 2 is 0.889 bits per heavy atom. The molecular weight excluding hydrogens is 671 g/mol. The lowest BCUT2D eigenvalue weighted by atomic mass is 10.0. The van der Waals surface area contributed by atoms with Crippen molar-refractivity contribution in [3.63, 3.8) is 0 Å². The molecule has 0 saturated carbocycles. The van der Waals surface area contributed by atoms with E-state index in [0.717, 1.165) is 57.8 Å². The van der Waals surface area contributed by atoms with Crippen LogP contribution in [-0.2, 0) is 14.3 Å². The molecule has 3 N–H and O–H groups in total. The summed E-state index contributed by atoms with van der Waals surface area (Å²) in [7, 11) is 0. The molecule has 0 bridgehead atoms. The zero-order chi connectivity index (χ0) is 39.6. The maximum atomic E-state index is 13.1. The van der Waals surface area contributed by atoms with E-state index in [1.807, 2.05) is 0 Å². The normalized spacial score (nSPS) is 13.4. The molecule has 0 heterocycles. The van der Waals surface area contributed by atoms with E-state index in [0.29, 0.717) is 19.3 Å². The number of aliphatic hydroxyl groups is 2. The number of carbonyl (C=O) groups excluding carboxylic acids is 2. The van der Waals surface area contributed by atoms with Crippen molar-refractivity contribution in [2.24, 2.45) is 0 Å². The van der Waals surface area contributed by atoms with Crippen LogP contribution in [0.15, 0.2) is 12.2 Å². The van der Waals surface area contributed by atoms with Crippen LogP contribution in [0.1, 0.15) is 258 Å². The van der Waals surface area contributed by atoms with E-state index in [1.165, 1.54) is 154 Å². The molecule has 0 aromatic heterocycles. The molecule has 0 aromatic rings. The first-order chi connectivity index (χ1) is 26.5. The minimum absolute atomic E-state index is 0.0730. The van der Waals surface area contributed by atoms with Gasteiger partial charge in [0, 0.05) is 6.42 Å². The predicted octanol–water partition coefficient (Wildman–Crippen LogP) is 13.8. The monoisotopic (exact) mass is 764 g/mol. The molecule has 0 aliphatic heterocycles. The molecule has 0 saturated heterocycles. The van der Waals surface area contributed by atoms with Crippen LogP contribution in [0.3, 0.4) is 0 Å². The Kier molecular flexibility index (Phi) is 41.6.